The van der Waals surface area contributed by atoms with Crippen molar-refractivity contribution in [2.45, 2.75) is 45.5 Å². The lowest BCUT2D eigenvalue weighted by Gasteiger charge is -2.31. The van der Waals surface area contributed by atoms with Crippen molar-refractivity contribution in [3.05, 3.63) is 0 Å². The average molecular weight is 222 g/mol. The van der Waals surface area contributed by atoms with E-state index in [9.17, 15) is 4.79 Å². The van der Waals surface area contributed by atoms with E-state index in [4.69, 9.17) is 16.7 Å². The van der Waals surface area contributed by atoms with E-state index in [2.05, 4.69) is 5.32 Å². The van der Waals surface area contributed by atoms with Crippen molar-refractivity contribution in [2.24, 2.45) is 5.41 Å². The van der Waals surface area contributed by atoms with Gasteiger partial charge >= 0.3 is 0 Å². The second-order valence-corrected chi connectivity index (χ2v) is 5.21. The molecule has 4 heteroatoms. The Bertz CT molecular complexity index is 187. The molecule has 0 spiro atoms. The number of nitrogens with one attached hydrogen (secondary N) is 1. The summed E-state index contributed by atoms with van der Waals surface area (Å²) in [5, 5.41) is 11.2. The summed E-state index contributed by atoms with van der Waals surface area (Å²) in [6.45, 7) is 7.76. The normalized spacial score (nSPS) is 16.1. The monoisotopic (exact) mass is 221 g/mol. The van der Waals surface area contributed by atoms with Crippen LogP contribution in [0, 0.1) is 5.41 Å². The molecule has 0 aliphatic heterocycles. The summed E-state index contributed by atoms with van der Waals surface area (Å²) < 4.78 is 0. The fraction of sp³-hybridized carbons (Fsp3) is 0.900. The molecule has 0 fully saturated rings. The van der Waals surface area contributed by atoms with Crippen molar-refractivity contribution >= 4 is 17.5 Å². The summed E-state index contributed by atoms with van der Waals surface area (Å²) in [6.07, 6.45) is 0.554. The maximum absolute atomic E-state index is 11.4. The molecule has 2 N–H and O–H groups in total. The SMILES string of the molecule is CC(Cl)C(=O)NC(CCO)C(C)(C)C. The van der Waals surface area contributed by atoms with Gasteiger partial charge < -0.3 is 10.4 Å². The van der Waals surface area contributed by atoms with Gasteiger partial charge in [-0.05, 0) is 18.8 Å². The Hall–Kier alpha value is -0.280. The second-order valence-electron chi connectivity index (χ2n) is 4.56. The van der Waals surface area contributed by atoms with Crippen molar-refractivity contribution < 1.29 is 9.90 Å². The number of alkyl halides is 1. The highest BCUT2D eigenvalue weighted by molar-refractivity contribution is 6.30. The van der Waals surface area contributed by atoms with Crippen molar-refractivity contribution in [1.29, 1.82) is 0 Å². The van der Waals surface area contributed by atoms with Crippen LogP contribution in [0.25, 0.3) is 0 Å². The number of aliphatic hydroxyl groups is 1. The molecule has 0 aromatic carbocycles. The van der Waals surface area contributed by atoms with Gasteiger partial charge in [-0.25, -0.2) is 0 Å². The highest BCUT2D eigenvalue weighted by Crippen LogP contribution is 2.21. The van der Waals surface area contributed by atoms with Crippen LogP contribution in [0.3, 0.4) is 0 Å². The molecule has 0 saturated carbocycles. The van der Waals surface area contributed by atoms with E-state index in [0.29, 0.717) is 6.42 Å². The number of aliphatic hydroxyl groups excluding tert-OH is 1. The van der Waals surface area contributed by atoms with Crippen LogP contribution < -0.4 is 5.32 Å². The first-order valence-electron chi connectivity index (χ1n) is 4.84. The van der Waals surface area contributed by atoms with E-state index >= 15 is 0 Å². The van der Waals surface area contributed by atoms with Crippen molar-refractivity contribution in [2.75, 3.05) is 6.61 Å². The highest BCUT2D eigenvalue weighted by atomic mass is 35.5. The summed E-state index contributed by atoms with van der Waals surface area (Å²) in [4.78, 5) is 11.4. The molecule has 0 aliphatic carbocycles. The first kappa shape index (κ1) is 13.7. The number of carbonyl (C=O) groups excluding carboxylic acids is 1. The molecular formula is C10H20ClNO2. The second kappa shape index (κ2) is 5.56. The maximum atomic E-state index is 11.4. The van der Waals surface area contributed by atoms with Gasteiger partial charge in [-0.1, -0.05) is 20.8 Å². The van der Waals surface area contributed by atoms with E-state index in [-0.39, 0.29) is 24.0 Å². The van der Waals surface area contributed by atoms with E-state index in [1.807, 2.05) is 20.8 Å². The van der Waals surface area contributed by atoms with E-state index in [0.717, 1.165) is 0 Å². The van der Waals surface area contributed by atoms with Crippen LogP contribution in [0.5, 0.6) is 0 Å². The molecule has 1 amide bonds. The molecule has 84 valence electrons. The summed E-state index contributed by atoms with van der Waals surface area (Å²) in [5.41, 5.74) is -0.0653. The summed E-state index contributed by atoms with van der Waals surface area (Å²) in [7, 11) is 0. The van der Waals surface area contributed by atoms with Crippen LogP contribution >= 0.6 is 11.6 Å². The first-order chi connectivity index (χ1) is 6.29. The molecule has 0 heterocycles. The predicted molar refractivity (Wildman–Crippen MR) is 58.4 cm³/mol. The lowest BCUT2D eigenvalue weighted by Crippen LogP contribution is -2.46. The molecule has 0 radical (unpaired) electrons. The van der Waals surface area contributed by atoms with Crippen LogP contribution in [0.1, 0.15) is 34.1 Å². The van der Waals surface area contributed by atoms with Crippen LogP contribution in [0.15, 0.2) is 0 Å². The third kappa shape index (κ3) is 4.82. The zero-order chi connectivity index (χ0) is 11.4. The minimum absolute atomic E-state index is 0.0406. The Morgan fingerprint density at radius 2 is 2.00 bits per heavy atom. The lowest BCUT2D eigenvalue weighted by atomic mass is 9.85. The average Bonchev–Trinajstić information content (AvgIpc) is 2.01. The molecule has 2 atom stereocenters. The van der Waals surface area contributed by atoms with Crippen molar-refractivity contribution in [1.82, 2.24) is 5.32 Å². The van der Waals surface area contributed by atoms with Crippen LogP contribution in [0.4, 0.5) is 0 Å². The minimum Gasteiger partial charge on any atom is -0.396 e. The fourth-order valence-corrected chi connectivity index (χ4v) is 1.20. The third-order valence-corrected chi connectivity index (χ3v) is 2.34. The number of carbonyl (C=O) groups is 1. The van der Waals surface area contributed by atoms with Gasteiger partial charge in [-0.3, -0.25) is 4.79 Å². The van der Waals surface area contributed by atoms with Gasteiger partial charge in [0, 0.05) is 12.6 Å². The Morgan fingerprint density at radius 3 is 2.29 bits per heavy atom. The number of amides is 1. The topological polar surface area (TPSA) is 49.3 Å². The molecule has 0 rings (SSSR count). The minimum atomic E-state index is -0.529. The first-order valence-corrected chi connectivity index (χ1v) is 5.28. The molecule has 0 bridgehead atoms. The largest absolute Gasteiger partial charge is 0.396 e. The standard InChI is InChI=1S/C10H20ClNO2/c1-7(11)9(14)12-8(5-6-13)10(2,3)4/h7-8,13H,5-6H2,1-4H3,(H,12,14). The summed E-state index contributed by atoms with van der Waals surface area (Å²) >= 11 is 5.65. The molecule has 3 nitrogen and oxygen atoms in total. The summed E-state index contributed by atoms with van der Waals surface area (Å²) in [5.74, 6) is -0.181. The zero-order valence-electron chi connectivity index (χ0n) is 9.30. The van der Waals surface area contributed by atoms with Crippen molar-refractivity contribution in [3.63, 3.8) is 0 Å². The number of hydrogen-bond acceptors (Lipinski definition) is 2. The molecule has 0 aromatic rings. The van der Waals surface area contributed by atoms with E-state index < -0.39 is 5.38 Å². The lowest BCUT2D eigenvalue weighted by molar-refractivity contribution is -0.122. The smallest absolute Gasteiger partial charge is 0.238 e. The van der Waals surface area contributed by atoms with Crippen LogP contribution in [-0.2, 0) is 4.79 Å². The van der Waals surface area contributed by atoms with Crippen molar-refractivity contribution in [3.8, 4) is 0 Å². The Balaban J connectivity index is 4.31. The molecular weight excluding hydrogens is 202 g/mol. The van der Waals surface area contributed by atoms with Crippen LogP contribution in [-0.4, -0.2) is 29.0 Å². The Morgan fingerprint density at radius 1 is 1.50 bits per heavy atom. The van der Waals surface area contributed by atoms with Gasteiger partial charge in [0.1, 0.15) is 5.38 Å². The Kier molecular flexibility index (Phi) is 5.45. The number of hydrogen-bond donors (Lipinski definition) is 2. The number of rotatable bonds is 4. The molecule has 0 aliphatic rings. The van der Waals surface area contributed by atoms with Gasteiger partial charge in [-0.15, -0.1) is 11.6 Å². The summed E-state index contributed by atoms with van der Waals surface area (Å²) in [6, 6.07) is -0.0406. The predicted octanol–water partition coefficient (Wildman–Crippen LogP) is 1.53. The maximum Gasteiger partial charge on any atom is 0.238 e. The highest BCUT2D eigenvalue weighted by Gasteiger charge is 2.26. The van der Waals surface area contributed by atoms with Gasteiger partial charge in [0.25, 0.3) is 0 Å². The Labute approximate surface area is 90.8 Å². The molecule has 0 saturated heterocycles. The molecule has 14 heavy (non-hydrogen) atoms. The van der Waals surface area contributed by atoms with Gasteiger partial charge in [0.15, 0.2) is 0 Å². The van der Waals surface area contributed by atoms with E-state index in [1.54, 1.807) is 6.92 Å². The molecule has 2 unspecified atom stereocenters. The fourth-order valence-electron chi connectivity index (χ4n) is 1.14. The third-order valence-electron chi connectivity index (χ3n) is 2.14. The number of halogens is 1. The van der Waals surface area contributed by atoms with Crippen LogP contribution in [0.2, 0.25) is 0 Å². The van der Waals surface area contributed by atoms with Gasteiger partial charge in [0.2, 0.25) is 5.91 Å². The molecule has 0 aromatic heterocycles. The quantitative estimate of drug-likeness (QED) is 0.708. The zero-order valence-corrected chi connectivity index (χ0v) is 10.1. The van der Waals surface area contributed by atoms with Gasteiger partial charge in [0.05, 0.1) is 0 Å². The van der Waals surface area contributed by atoms with E-state index in [1.165, 1.54) is 0 Å². The van der Waals surface area contributed by atoms with Gasteiger partial charge in [-0.2, -0.15) is 0 Å².